The number of rotatable bonds is 13. The third kappa shape index (κ3) is 7.44. The molecular formula is C39H64O2. The van der Waals surface area contributed by atoms with Crippen molar-refractivity contribution >= 4 is 5.97 Å². The minimum Gasteiger partial charge on any atom is -0.462 e. The van der Waals surface area contributed by atoms with E-state index in [1.165, 1.54) is 64.2 Å². The number of hydrogen-bond donors (Lipinski definition) is 0. The van der Waals surface area contributed by atoms with Crippen LogP contribution < -0.4 is 0 Å². The molecule has 2 nitrogen and oxygen atoms in total. The highest BCUT2D eigenvalue weighted by molar-refractivity contribution is 5.69. The predicted molar refractivity (Wildman–Crippen MR) is 175 cm³/mol. The van der Waals surface area contributed by atoms with Crippen LogP contribution in [0.5, 0.6) is 0 Å². The normalized spacial score (nSPS) is 36.6. The van der Waals surface area contributed by atoms with Crippen LogP contribution in [0.2, 0.25) is 0 Å². The second kappa shape index (κ2) is 14.4. The summed E-state index contributed by atoms with van der Waals surface area (Å²) < 4.78 is 6.07. The summed E-state index contributed by atoms with van der Waals surface area (Å²) in [4.78, 5) is 12.7. The maximum atomic E-state index is 12.7. The molecule has 2 heteroatoms. The maximum absolute atomic E-state index is 12.7. The summed E-state index contributed by atoms with van der Waals surface area (Å²) >= 11 is 0. The second-order valence-corrected chi connectivity index (χ2v) is 15.6. The molecule has 0 radical (unpaired) electrons. The van der Waals surface area contributed by atoms with Crippen LogP contribution in [0.25, 0.3) is 0 Å². The molecule has 0 N–H and O–H groups in total. The molecule has 0 heterocycles. The Bertz CT molecular complexity index is 941. The zero-order valence-corrected chi connectivity index (χ0v) is 27.9. The number of fused-ring (bicyclic) bond motifs is 5. The van der Waals surface area contributed by atoms with Crippen molar-refractivity contribution in [3.05, 3.63) is 36.0 Å². The van der Waals surface area contributed by atoms with Gasteiger partial charge in [0, 0.05) is 12.8 Å². The van der Waals surface area contributed by atoms with Crippen molar-refractivity contribution in [2.24, 2.45) is 52.3 Å². The largest absolute Gasteiger partial charge is 0.462 e. The van der Waals surface area contributed by atoms with Gasteiger partial charge in [0.2, 0.25) is 0 Å². The molecule has 3 fully saturated rings. The van der Waals surface area contributed by atoms with Gasteiger partial charge in [-0.3, -0.25) is 4.79 Å². The van der Waals surface area contributed by atoms with Crippen molar-refractivity contribution in [2.45, 2.75) is 151 Å². The lowest BCUT2D eigenvalue weighted by Gasteiger charge is -2.58. The Morgan fingerprint density at radius 3 is 2.46 bits per heavy atom. The van der Waals surface area contributed by atoms with E-state index in [0.717, 1.165) is 55.3 Å². The summed E-state index contributed by atoms with van der Waals surface area (Å²) in [6.07, 6.45) is 30.0. The number of ether oxygens (including phenoxy) is 1. The van der Waals surface area contributed by atoms with E-state index in [0.29, 0.717) is 29.1 Å². The Labute approximate surface area is 254 Å². The molecule has 0 aromatic rings. The topological polar surface area (TPSA) is 26.3 Å². The Balaban J connectivity index is 1.29. The molecule has 41 heavy (non-hydrogen) atoms. The molecule has 3 saturated carbocycles. The van der Waals surface area contributed by atoms with E-state index in [4.69, 9.17) is 4.74 Å². The molecule has 0 aromatic heterocycles. The molecule has 4 aliphatic rings. The lowest BCUT2D eigenvalue weighted by Crippen LogP contribution is -2.51. The van der Waals surface area contributed by atoms with Crippen LogP contribution in [0, 0.1) is 52.3 Å². The summed E-state index contributed by atoms with van der Waals surface area (Å²) in [6.45, 7) is 16.9. The SMILES string of the molecule is C/C=C\CCCCCCCC(=O)OC1CCC2(C)C(=CCC3C2CCC2(C)C(C(C)/C=C/C(C)C(C)C)CCC32)C1. The number of hydrogen-bond acceptors (Lipinski definition) is 2. The molecule has 4 aliphatic carbocycles. The molecule has 9 atom stereocenters. The fourth-order valence-electron chi connectivity index (χ4n) is 9.81. The van der Waals surface area contributed by atoms with Gasteiger partial charge in [0.1, 0.15) is 6.10 Å². The second-order valence-electron chi connectivity index (χ2n) is 15.6. The minimum absolute atomic E-state index is 0.0400. The fourth-order valence-corrected chi connectivity index (χ4v) is 9.81. The molecule has 0 bridgehead atoms. The van der Waals surface area contributed by atoms with E-state index in [9.17, 15) is 4.79 Å². The average Bonchev–Trinajstić information content (AvgIpc) is 3.30. The van der Waals surface area contributed by atoms with Gasteiger partial charge in [0.05, 0.1) is 0 Å². The molecule has 232 valence electrons. The number of allylic oxidation sites excluding steroid dienone is 5. The van der Waals surface area contributed by atoms with E-state index in [1.807, 2.05) is 0 Å². The van der Waals surface area contributed by atoms with Crippen LogP contribution in [0.3, 0.4) is 0 Å². The highest BCUT2D eigenvalue weighted by Crippen LogP contribution is 2.67. The number of esters is 1. The van der Waals surface area contributed by atoms with E-state index in [2.05, 4.69) is 78.8 Å². The molecule has 0 aromatic carbocycles. The summed E-state index contributed by atoms with van der Waals surface area (Å²) in [6, 6.07) is 0. The summed E-state index contributed by atoms with van der Waals surface area (Å²) in [5.41, 5.74) is 2.43. The molecular weight excluding hydrogens is 500 g/mol. The highest BCUT2D eigenvalue weighted by atomic mass is 16.5. The lowest BCUT2D eigenvalue weighted by molar-refractivity contribution is -0.151. The van der Waals surface area contributed by atoms with Gasteiger partial charge < -0.3 is 4.74 Å². The van der Waals surface area contributed by atoms with E-state index in [1.54, 1.807) is 5.57 Å². The van der Waals surface area contributed by atoms with Crippen LogP contribution in [-0.2, 0) is 9.53 Å². The average molecular weight is 565 g/mol. The molecule has 0 saturated heterocycles. The van der Waals surface area contributed by atoms with Gasteiger partial charge in [-0.25, -0.2) is 0 Å². The zero-order chi connectivity index (χ0) is 29.6. The first-order valence-corrected chi connectivity index (χ1v) is 17.8. The van der Waals surface area contributed by atoms with Crippen LogP contribution in [0.15, 0.2) is 36.0 Å². The van der Waals surface area contributed by atoms with Gasteiger partial charge in [-0.05, 0) is 123 Å². The Kier molecular flexibility index (Phi) is 11.5. The minimum atomic E-state index is 0.0400. The number of carbonyl (C=O) groups is 1. The first kappa shape index (κ1) is 32.6. The Hall–Kier alpha value is -1.31. The van der Waals surface area contributed by atoms with E-state index < -0.39 is 0 Å². The van der Waals surface area contributed by atoms with Crippen LogP contribution in [0.4, 0.5) is 0 Å². The van der Waals surface area contributed by atoms with Gasteiger partial charge >= 0.3 is 5.97 Å². The Morgan fingerprint density at radius 2 is 1.71 bits per heavy atom. The van der Waals surface area contributed by atoms with Gasteiger partial charge in [0.25, 0.3) is 0 Å². The molecule has 0 amide bonds. The maximum Gasteiger partial charge on any atom is 0.306 e. The lowest BCUT2D eigenvalue weighted by atomic mass is 9.47. The smallest absolute Gasteiger partial charge is 0.306 e. The van der Waals surface area contributed by atoms with Crippen molar-refractivity contribution in [3.63, 3.8) is 0 Å². The summed E-state index contributed by atoms with van der Waals surface area (Å²) in [5, 5.41) is 0. The monoisotopic (exact) mass is 564 g/mol. The molecule has 9 unspecified atom stereocenters. The van der Waals surface area contributed by atoms with Gasteiger partial charge in [0.15, 0.2) is 0 Å². The fraction of sp³-hybridized carbons (Fsp3) is 0.821. The zero-order valence-electron chi connectivity index (χ0n) is 27.9. The van der Waals surface area contributed by atoms with Crippen LogP contribution >= 0.6 is 0 Å². The third-order valence-electron chi connectivity index (χ3n) is 12.8. The van der Waals surface area contributed by atoms with Crippen LogP contribution in [0.1, 0.15) is 145 Å². The quantitative estimate of drug-likeness (QED) is 0.126. The first-order chi connectivity index (χ1) is 19.6. The Morgan fingerprint density at radius 1 is 0.951 bits per heavy atom. The van der Waals surface area contributed by atoms with E-state index >= 15 is 0 Å². The van der Waals surface area contributed by atoms with Crippen molar-refractivity contribution in [3.8, 4) is 0 Å². The summed E-state index contributed by atoms with van der Waals surface area (Å²) in [5.74, 6) is 5.47. The molecule has 0 spiro atoms. The van der Waals surface area contributed by atoms with Gasteiger partial charge in [-0.2, -0.15) is 0 Å². The highest BCUT2D eigenvalue weighted by Gasteiger charge is 2.59. The standard InChI is InChI=1S/C39H64O2/c1-8-9-10-11-12-13-14-15-16-37(40)41-32-23-25-38(6)31(27-32)19-20-33-35-22-21-34(39(35,7)26-24-36(33)38)30(5)18-17-29(4)28(2)3/h8-9,17-19,28-30,32-36H,10-16,20-27H2,1-7H3/b9-8-,18-17+. The van der Waals surface area contributed by atoms with Crippen LogP contribution in [-0.4, -0.2) is 12.1 Å². The number of carbonyl (C=O) groups excluding carboxylic acids is 1. The predicted octanol–water partition coefficient (Wildman–Crippen LogP) is 11.3. The van der Waals surface area contributed by atoms with Gasteiger partial charge in [-0.1, -0.05) is 96.8 Å². The van der Waals surface area contributed by atoms with Crippen molar-refractivity contribution in [1.82, 2.24) is 0 Å². The first-order valence-electron chi connectivity index (χ1n) is 17.8. The van der Waals surface area contributed by atoms with Crippen molar-refractivity contribution < 1.29 is 9.53 Å². The van der Waals surface area contributed by atoms with Crippen molar-refractivity contribution in [1.29, 1.82) is 0 Å². The number of unbranched alkanes of at least 4 members (excludes halogenated alkanes) is 5. The van der Waals surface area contributed by atoms with Gasteiger partial charge in [-0.15, -0.1) is 0 Å². The summed E-state index contributed by atoms with van der Waals surface area (Å²) in [7, 11) is 0. The molecule has 4 rings (SSSR count). The third-order valence-corrected chi connectivity index (χ3v) is 12.8. The van der Waals surface area contributed by atoms with Crippen molar-refractivity contribution in [2.75, 3.05) is 0 Å². The van der Waals surface area contributed by atoms with E-state index in [-0.39, 0.29) is 12.1 Å². The molecule has 0 aliphatic heterocycles.